The number of hydrogen-bond donors (Lipinski definition) is 2. The lowest BCUT2D eigenvalue weighted by molar-refractivity contribution is 0.0860. The summed E-state index contributed by atoms with van der Waals surface area (Å²) in [5.41, 5.74) is 1.27. The molecule has 0 saturated heterocycles. The average Bonchev–Trinajstić information content (AvgIpc) is 2.33. The van der Waals surface area contributed by atoms with E-state index in [9.17, 15) is 5.11 Å². The lowest BCUT2D eigenvalue weighted by Gasteiger charge is -2.31. The zero-order valence-electron chi connectivity index (χ0n) is 10.2. The van der Waals surface area contributed by atoms with E-state index in [0.29, 0.717) is 6.04 Å². The maximum Gasteiger partial charge on any atom is 0.0693 e. The van der Waals surface area contributed by atoms with Crippen molar-refractivity contribution >= 4 is 15.9 Å². The Morgan fingerprint density at radius 2 is 1.88 bits per heavy atom. The molecule has 3 atom stereocenters. The molecular weight excluding hydrogens is 278 g/mol. The number of nitrogens with one attached hydrogen (secondary N) is 1. The number of hydrogen-bond acceptors (Lipinski definition) is 2. The molecule has 2 rings (SSSR count). The predicted octanol–water partition coefficient (Wildman–Crippen LogP) is 3.40. The molecule has 3 heteroatoms. The standard InChI is InChI=1S/C14H20BrNO/c1-10(11-6-8-12(15)9-7-11)16-13-4-2-3-5-14(13)17/h6-10,13-14,16-17H,2-5H2,1H3/t10-,13?,14?/m1/s1. The zero-order chi connectivity index (χ0) is 12.3. The number of aliphatic hydroxyl groups excluding tert-OH is 1. The summed E-state index contributed by atoms with van der Waals surface area (Å²) in [6.45, 7) is 2.16. The van der Waals surface area contributed by atoms with Gasteiger partial charge in [-0.05, 0) is 37.5 Å². The quantitative estimate of drug-likeness (QED) is 0.896. The van der Waals surface area contributed by atoms with Crippen molar-refractivity contribution in [2.45, 2.75) is 50.8 Å². The summed E-state index contributed by atoms with van der Waals surface area (Å²) in [7, 11) is 0. The molecule has 0 heterocycles. The highest BCUT2D eigenvalue weighted by atomic mass is 79.9. The van der Waals surface area contributed by atoms with Gasteiger partial charge in [0.1, 0.15) is 0 Å². The van der Waals surface area contributed by atoms with Gasteiger partial charge in [-0.2, -0.15) is 0 Å². The summed E-state index contributed by atoms with van der Waals surface area (Å²) in [5, 5.41) is 13.5. The van der Waals surface area contributed by atoms with Crippen LogP contribution in [0.25, 0.3) is 0 Å². The minimum Gasteiger partial charge on any atom is -0.392 e. The summed E-state index contributed by atoms with van der Waals surface area (Å²) >= 11 is 3.44. The van der Waals surface area contributed by atoms with Crippen molar-refractivity contribution in [3.8, 4) is 0 Å². The second-order valence-corrected chi connectivity index (χ2v) is 5.81. The van der Waals surface area contributed by atoms with Crippen molar-refractivity contribution < 1.29 is 5.11 Å². The van der Waals surface area contributed by atoms with E-state index in [2.05, 4.69) is 52.4 Å². The minimum atomic E-state index is -0.179. The second-order valence-electron chi connectivity index (χ2n) is 4.90. The van der Waals surface area contributed by atoms with E-state index in [1.807, 2.05) is 0 Å². The maximum atomic E-state index is 9.94. The fourth-order valence-electron chi connectivity index (χ4n) is 2.47. The summed E-state index contributed by atoms with van der Waals surface area (Å²) in [4.78, 5) is 0. The molecule has 2 N–H and O–H groups in total. The van der Waals surface area contributed by atoms with E-state index in [4.69, 9.17) is 0 Å². The fraction of sp³-hybridized carbons (Fsp3) is 0.571. The second kappa shape index (κ2) is 5.98. The Balaban J connectivity index is 1.95. The Labute approximate surface area is 112 Å². The van der Waals surface area contributed by atoms with Crippen LogP contribution in [0, 0.1) is 0 Å². The first-order chi connectivity index (χ1) is 8.16. The number of halogens is 1. The topological polar surface area (TPSA) is 32.3 Å². The van der Waals surface area contributed by atoms with Gasteiger partial charge in [0.05, 0.1) is 6.10 Å². The molecule has 1 fully saturated rings. The predicted molar refractivity (Wildman–Crippen MR) is 74.0 cm³/mol. The van der Waals surface area contributed by atoms with Crippen LogP contribution in [0.2, 0.25) is 0 Å². The first-order valence-electron chi connectivity index (χ1n) is 6.36. The van der Waals surface area contributed by atoms with Gasteiger partial charge in [-0.15, -0.1) is 0 Å². The van der Waals surface area contributed by atoms with Gasteiger partial charge in [0, 0.05) is 16.6 Å². The number of benzene rings is 1. The van der Waals surface area contributed by atoms with Crippen LogP contribution in [0.5, 0.6) is 0 Å². The van der Waals surface area contributed by atoms with E-state index in [0.717, 1.165) is 23.7 Å². The van der Waals surface area contributed by atoms with Gasteiger partial charge in [-0.25, -0.2) is 0 Å². The van der Waals surface area contributed by atoms with Crippen LogP contribution in [0.4, 0.5) is 0 Å². The Bertz CT molecular complexity index is 352. The molecule has 0 aromatic heterocycles. The van der Waals surface area contributed by atoms with Gasteiger partial charge in [0.2, 0.25) is 0 Å². The van der Waals surface area contributed by atoms with Gasteiger partial charge < -0.3 is 10.4 Å². The largest absolute Gasteiger partial charge is 0.392 e. The van der Waals surface area contributed by atoms with Crippen LogP contribution >= 0.6 is 15.9 Å². The van der Waals surface area contributed by atoms with E-state index >= 15 is 0 Å². The Kier molecular flexibility index (Phi) is 4.60. The summed E-state index contributed by atoms with van der Waals surface area (Å²) < 4.78 is 1.10. The highest BCUT2D eigenvalue weighted by Crippen LogP contribution is 2.22. The van der Waals surface area contributed by atoms with Crippen molar-refractivity contribution in [1.82, 2.24) is 5.32 Å². The van der Waals surface area contributed by atoms with Crippen molar-refractivity contribution in [2.75, 3.05) is 0 Å². The molecule has 17 heavy (non-hydrogen) atoms. The molecule has 0 radical (unpaired) electrons. The van der Waals surface area contributed by atoms with Crippen LogP contribution < -0.4 is 5.32 Å². The number of aliphatic hydroxyl groups is 1. The summed E-state index contributed by atoms with van der Waals surface area (Å²) in [5.74, 6) is 0. The molecule has 1 aliphatic carbocycles. The highest BCUT2D eigenvalue weighted by Gasteiger charge is 2.24. The van der Waals surface area contributed by atoms with E-state index < -0.39 is 0 Å². The molecular formula is C14H20BrNO. The average molecular weight is 298 g/mol. The highest BCUT2D eigenvalue weighted by molar-refractivity contribution is 9.10. The Hall–Kier alpha value is -0.380. The molecule has 0 aliphatic heterocycles. The summed E-state index contributed by atoms with van der Waals surface area (Å²) in [6.07, 6.45) is 4.22. The fourth-order valence-corrected chi connectivity index (χ4v) is 2.74. The Morgan fingerprint density at radius 3 is 2.53 bits per heavy atom. The third kappa shape index (κ3) is 3.54. The summed E-state index contributed by atoms with van der Waals surface area (Å²) in [6, 6.07) is 8.91. The van der Waals surface area contributed by atoms with E-state index in [-0.39, 0.29) is 12.1 Å². The Morgan fingerprint density at radius 1 is 1.24 bits per heavy atom. The van der Waals surface area contributed by atoms with Crippen molar-refractivity contribution in [2.24, 2.45) is 0 Å². The van der Waals surface area contributed by atoms with Crippen LogP contribution in [0.15, 0.2) is 28.7 Å². The van der Waals surface area contributed by atoms with Crippen LogP contribution in [0.3, 0.4) is 0 Å². The van der Waals surface area contributed by atoms with E-state index in [1.54, 1.807) is 0 Å². The molecule has 1 aliphatic rings. The molecule has 94 valence electrons. The van der Waals surface area contributed by atoms with Gasteiger partial charge in [0.25, 0.3) is 0 Å². The molecule has 0 bridgehead atoms. The smallest absolute Gasteiger partial charge is 0.0693 e. The number of rotatable bonds is 3. The van der Waals surface area contributed by atoms with Gasteiger partial charge in [-0.1, -0.05) is 40.9 Å². The lowest BCUT2D eigenvalue weighted by atomic mass is 9.91. The molecule has 0 spiro atoms. The first kappa shape index (κ1) is 13.1. The SMILES string of the molecule is C[C@@H](NC1CCCCC1O)c1ccc(Br)cc1. The van der Waals surface area contributed by atoms with Gasteiger partial charge in [0.15, 0.2) is 0 Å². The minimum absolute atomic E-state index is 0.179. The molecule has 2 nitrogen and oxygen atoms in total. The van der Waals surface area contributed by atoms with Gasteiger partial charge in [-0.3, -0.25) is 0 Å². The molecule has 1 aromatic rings. The van der Waals surface area contributed by atoms with Crippen LogP contribution in [-0.2, 0) is 0 Å². The lowest BCUT2D eigenvalue weighted by Crippen LogP contribution is -2.43. The molecule has 0 amide bonds. The van der Waals surface area contributed by atoms with E-state index in [1.165, 1.54) is 12.0 Å². The molecule has 2 unspecified atom stereocenters. The zero-order valence-corrected chi connectivity index (χ0v) is 11.8. The third-order valence-corrected chi connectivity index (χ3v) is 4.09. The van der Waals surface area contributed by atoms with Crippen LogP contribution in [0.1, 0.15) is 44.2 Å². The molecule has 1 saturated carbocycles. The normalized spacial score (nSPS) is 26.8. The van der Waals surface area contributed by atoms with Crippen molar-refractivity contribution in [1.29, 1.82) is 0 Å². The maximum absolute atomic E-state index is 9.94. The third-order valence-electron chi connectivity index (χ3n) is 3.56. The monoisotopic (exact) mass is 297 g/mol. The van der Waals surface area contributed by atoms with Crippen molar-refractivity contribution in [3.63, 3.8) is 0 Å². The van der Waals surface area contributed by atoms with Crippen LogP contribution in [-0.4, -0.2) is 17.3 Å². The molecule has 1 aromatic carbocycles. The van der Waals surface area contributed by atoms with Gasteiger partial charge >= 0.3 is 0 Å². The van der Waals surface area contributed by atoms with Crippen molar-refractivity contribution in [3.05, 3.63) is 34.3 Å². The first-order valence-corrected chi connectivity index (χ1v) is 7.15.